The molecule has 0 saturated carbocycles. The Morgan fingerprint density at radius 3 is 2.47 bits per heavy atom. The minimum atomic E-state index is -0.349. The van der Waals surface area contributed by atoms with E-state index in [1.54, 1.807) is 24.3 Å². The Kier molecular flexibility index (Phi) is 4.32. The van der Waals surface area contributed by atoms with Gasteiger partial charge in [0.2, 0.25) is 0 Å². The maximum atomic E-state index is 13.3. The first kappa shape index (κ1) is 13.7. The topological polar surface area (TPSA) is 43.1 Å². The van der Waals surface area contributed by atoms with Crippen molar-refractivity contribution in [3.05, 3.63) is 63.9 Å². The predicted octanol–water partition coefficient (Wildman–Crippen LogP) is 3.52. The van der Waals surface area contributed by atoms with Crippen LogP contribution in [0, 0.1) is 5.82 Å². The van der Waals surface area contributed by atoms with Crippen LogP contribution in [0.25, 0.3) is 0 Å². The number of halogens is 2. The molecule has 0 amide bonds. The number of Topliss-reactive ketones (excluding diaryl/α,β-unsaturated/α-hetero) is 1. The molecule has 0 bridgehead atoms. The van der Waals surface area contributed by atoms with Gasteiger partial charge in [-0.3, -0.25) is 4.79 Å². The van der Waals surface area contributed by atoms with E-state index >= 15 is 0 Å². The molecule has 2 rings (SSSR count). The molecule has 0 fully saturated rings. The number of carbonyl (C=O) groups excluding carboxylic acids is 1. The van der Waals surface area contributed by atoms with Crippen molar-refractivity contribution >= 4 is 27.4 Å². The van der Waals surface area contributed by atoms with Gasteiger partial charge in [-0.25, -0.2) is 4.39 Å². The summed E-state index contributed by atoms with van der Waals surface area (Å²) in [4.78, 5) is 12.0. The maximum Gasteiger partial charge on any atom is 0.141 e. The molecule has 2 aromatic carbocycles. The average molecular weight is 322 g/mol. The Morgan fingerprint density at radius 2 is 1.79 bits per heavy atom. The molecule has 0 heterocycles. The summed E-state index contributed by atoms with van der Waals surface area (Å²) in [6, 6.07) is 11.9. The molecule has 0 spiro atoms. The van der Waals surface area contributed by atoms with Crippen LogP contribution in [0.15, 0.2) is 46.9 Å². The third-order valence-electron chi connectivity index (χ3n) is 2.80. The van der Waals surface area contributed by atoms with Crippen LogP contribution in [0.1, 0.15) is 11.1 Å². The normalized spacial score (nSPS) is 10.4. The molecule has 4 heteroatoms. The summed E-state index contributed by atoms with van der Waals surface area (Å²) in [5.41, 5.74) is 7.83. The zero-order chi connectivity index (χ0) is 13.8. The molecule has 19 heavy (non-hydrogen) atoms. The molecular weight excluding hydrogens is 309 g/mol. The van der Waals surface area contributed by atoms with E-state index in [4.69, 9.17) is 5.73 Å². The number of nitrogen functional groups attached to an aromatic ring is 1. The minimum absolute atomic E-state index is 0.0380. The van der Waals surface area contributed by atoms with Crippen LogP contribution in [0.4, 0.5) is 10.1 Å². The first-order chi connectivity index (χ1) is 9.06. The Bertz CT molecular complexity index is 596. The largest absolute Gasteiger partial charge is 0.399 e. The highest BCUT2D eigenvalue weighted by molar-refractivity contribution is 9.10. The number of hydrogen-bond donors (Lipinski definition) is 1. The minimum Gasteiger partial charge on any atom is -0.399 e. The van der Waals surface area contributed by atoms with Gasteiger partial charge in [-0.05, 0) is 45.3 Å². The zero-order valence-corrected chi connectivity index (χ0v) is 11.8. The van der Waals surface area contributed by atoms with Crippen molar-refractivity contribution in [3.8, 4) is 0 Å². The molecule has 98 valence electrons. The highest BCUT2D eigenvalue weighted by atomic mass is 79.9. The van der Waals surface area contributed by atoms with Crippen molar-refractivity contribution in [2.45, 2.75) is 12.8 Å². The van der Waals surface area contributed by atoms with Gasteiger partial charge in [-0.15, -0.1) is 0 Å². The second-order valence-electron chi connectivity index (χ2n) is 4.35. The lowest BCUT2D eigenvalue weighted by atomic mass is 10.0. The Labute approximate surface area is 119 Å². The van der Waals surface area contributed by atoms with E-state index in [1.165, 1.54) is 6.07 Å². The Morgan fingerprint density at radius 1 is 1.11 bits per heavy atom. The fourth-order valence-electron chi connectivity index (χ4n) is 1.82. The number of carbonyl (C=O) groups is 1. The average Bonchev–Trinajstić information content (AvgIpc) is 2.38. The van der Waals surface area contributed by atoms with Crippen LogP contribution in [0.5, 0.6) is 0 Å². The molecule has 0 aliphatic rings. The molecule has 0 aliphatic carbocycles. The Hall–Kier alpha value is -1.68. The lowest BCUT2D eigenvalue weighted by Crippen LogP contribution is -2.07. The number of benzene rings is 2. The summed E-state index contributed by atoms with van der Waals surface area (Å²) in [6.45, 7) is 0. The fourth-order valence-corrected chi connectivity index (χ4v) is 2.23. The molecule has 0 aromatic heterocycles. The number of anilines is 1. The van der Waals surface area contributed by atoms with Crippen molar-refractivity contribution in [1.82, 2.24) is 0 Å². The molecule has 0 aliphatic heterocycles. The van der Waals surface area contributed by atoms with Crippen molar-refractivity contribution in [2.24, 2.45) is 0 Å². The van der Waals surface area contributed by atoms with E-state index in [0.29, 0.717) is 22.1 Å². The van der Waals surface area contributed by atoms with Gasteiger partial charge in [-0.2, -0.15) is 0 Å². The van der Waals surface area contributed by atoms with Gasteiger partial charge < -0.3 is 5.73 Å². The standard InChI is InChI=1S/C15H13BrFNO/c16-15-11(2-1-3-14(15)17)9-13(19)8-10-4-6-12(18)7-5-10/h1-7H,8-9,18H2. The van der Waals surface area contributed by atoms with Crippen molar-refractivity contribution in [3.63, 3.8) is 0 Å². The summed E-state index contributed by atoms with van der Waals surface area (Å²) in [6.07, 6.45) is 0.534. The Balaban J connectivity index is 2.05. The first-order valence-corrected chi connectivity index (χ1v) is 6.64. The second kappa shape index (κ2) is 5.97. The van der Waals surface area contributed by atoms with Gasteiger partial charge in [-0.1, -0.05) is 24.3 Å². The first-order valence-electron chi connectivity index (χ1n) is 5.85. The zero-order valence-electron chi connectivity index (χ0n) is 10.2. The van der Waals surface area contributed by atoms with E-state index in [9.17, 15) is 9.18 Å². The molecule has 2 aromatic rings. The highest BCUT2D eigenvalue weighted by Crippen LogP contribution is 2.21. The third kappa shape index (κ3) is 3.64. The molecule has 0 unspecified atom stereocenters. The number of ketones is 1. The lowest BCUT2D eigenvalue weighted by Gasteiger charge is -2.05. The molecule has 2 N–H and O–H groups in total. The van der Waals surface area contributed by atoms with Gasteiger partial charge in [0.15, 0.2) is 0 Å². The quantitative estimate of drug-likeness (QED) is 0.875. The second-order valence-corrected chi connectivity index (χ2v) is 5.14. The molecule has 0 atom stereocenters. The van der Waals surface area contributed by atoms with Crippen molar-refractivity contribution in [1.29, 1.82) is 0 Å². The summed E-state index contributed by atoms with van der Waals surface area (Å²) in [7, 11) is 0. The molecule has 0 saturated heterocycles. The van der Waals surface area contributed by atoms with E-state index < -0.39 is 0 Å². The molecular formula is C15H13BrFNO. The lowest BCUT2D eigenvalue weighted by molar-refractivity contribution is -0.117. The van der Waals surface area contributed by atoms with Crippen LogP contribution in [-0.2, 0) is 17.6 Å². The smallest absolute Gasteiger partial charge is 0.141 e. The van der Waals surface area contributed by atoms with E-state index in [1.807, 2.05) is 12.1 Å². The van der Waals surface area contributed by atoms with Gasteiger partial charge in [0, 0.05) is 18.5 Å². The summed E-state index contributed by atoms with van der Waals surface area (Å²) < 4.78 is 13.7. The van der Waals surface area contributed by atoms with Crippen LogP contribution >= 0.6 is 15.9 Å². The van der Waals surface area contributed by atoms with Gasteiger partial charge >= 0.3 is 0 Å². The number of hydrogen-bond acceptors (Lipinski definition) is 2. The molecule has 2 nitrogen and oxygen atoms in total. The monoisotopic (exact) mass is 321 g/mol. The van der Waals surface area contributed by atoms with Gasteiger partial charge in [0.1, 0.15) is 11.6 Å². The van der Waals surface area contributed by atoms with E-state index in [2.05, 4.69) is 15.9 Å². The predicted molar refractivity (Wildman–Crippen MR) is 77.4 cm³/mol. The summed E-state index contributed by atoms with van der Waals surface area (Å²) in [5, 5.41) is 0. The number of nitrogens with two attached hydrogens (primary N) is 1. The van der Waals surface area contributed by atoms with Crippen LogP contribution in [0.2, 0.25) is 0 Å². The maximum absolute atomic E-state index is 13.3. The van der Waals surface area contributed by atoms with Crippen molar-refractivity contribution < 1.29 is 9.18 Å². The summed E-state index contributed by atoms with van der Waals surface area (Å²) >= 11 is 3.16. The van der Waals surface area contributed by atoms with Gasteiger partial charge in [0.25, 0.3) is 0 Å². The fraction of sp³-hybridized carbons (Fsp3) is 0.133. The highest BCUT2D eigenvalue weighted by Gasteiger charge is 2.10. The van der Waals surface area contributed by atoms with Crippen LogP contribution in [-0.4, -0.2) is 5.78 Å². The van der Waals surface area contributed by atoms with Crippen LogP contribution < -0.4 is 5.73 Å². The van der Waals surface area contributed by atoms with Gasteiger partial charge in [0.05, 0.1) is 4.47 Å². The SMILES string of the molecule is Nc1ccc(CC(=O)Cc2cccc(F)c2Br)cc1. The van der Waals surface area contributed by atoms with E-state index in [-0.39, 0.29) is 18.0 Å². The third-order valence-corrected chi connectivity index (χ3v) is 3.69. The van der Waals surface area contributed by atoms with Crippen molar-refractivity contribution in [2.75, 3.05) is 5.73 Å². The molecule has 0 radical (unpaired) electrons. The summed E-state index contributed by atoms with van der Waals surface area (Å²) in [5.74, 6) is -0.311. The number of rotatable bonds is 4. The van der Waals surface area contributed by atoms with Crippen LogP contribution in [0.3, 0.4) is 0 Å². The van der Waals surface area contributed by atoms with E-state index in [0.717, 1.165) is 5.56 Å².